The van der Waals surface area contributed by atoms with Crippen molar-refractivity contribution >= 4 is 56.3 Å². The molecule has 0 radical (unpaired) electrons. The first-order valence-electron chi connectivity index (χ1n) is 11.0. The molecule has 2 aromatic heterocycles. The standard InChI is InChI=1S/C27H25N3O2S/c1-17(28)33-13-7-12-30-16-21(19-9-4-6-11-23(19)30)27-25(32)14-24(31)26(27)20-15-29(2)22-10-5-3-8-18(20)22/h3-6,8-11,15-16H,1,7,12-14,28H2,2H3. The summed E-state index contributed by atoms with van der Waals surface area (Å²) in [5.41, 5.74) is 10.5. The van der Waals surface area contributed by atoms with Gasteiger partial charge in [-0.05, 0) is 18.6 Å². The summed E-state index contributed by atoms with van der Waals surface area (Å²) in [4.78, 5) is 26.3. The summed E-state index contributed by atoms with van der Waals surface area (Å²) in [6.07, 6.45) is 4.83. The van der Waals surface area contributed by atoms with Crippen LogP contribution in [0.15, 0.2) is 72.5 Å². The molecule has 5 nitrogen and oxygen atoms in total. The Hall–Kier alpha value is -3.51. The number of benzene rings is 2. The predicted octanol–water partition coefficient (Wildman–Crippen LogP) is 5.14. The van der Waals surface area contributed by atoms with Crippen LogP contribution in [-0.4, -0.2) is 26.5 Å². The normalized spacial score (nSPS) is 14.2. The van der Waals surface area contributed by atoms with E-state index in [1.165, 1.54) is 0 Å². The van der Waals surface area contributed by atoms with Gasteiger partial charge < -0.3 is 14.9 Å². The molecule has 6 heteroatoms. The maximum Gasteiger partial charge on any atom is 0.172 e. The lowest BCUT2D eigenvalue weighted by atomic mass is 9.95. The van der Waals surface area contributed by atoms with E-state index in [4.69, 9.17) is 5.73 Å². The van der Waals surface area contributed by atoms with Gasteiger partial charge in [-0.1, -0.05) is 43.0 Å². The molecule has 2 heterocycles. The number of carbonyl (C=O) groups is 2. The van der Waals surface area contributed by atoms with E-state index in [0.29, 0.717) is 16.2 Å². The average Bonchev–Trinajstić information content (AvgIpc) is 3.42. The molecule has 0 saturated heterocycles. The fourth-order valence-electron chi connectivity index (χ4n) is 4.78. The van der Waals surface area contributed by atoms with Gasteiger partial charge >= 0.3 is 0 Å². The Morgan fingerprint density at radius 2 is 1.52 bits per heavy atom. The smallest absolute Gasteiger partial charge is 0.172 e. The second kappa shape index (κ2) is 8.45. The summed E-state index contributed by atoms with van der Waals surface area (Å²) in [7, 11) is 1.97. The zero-order valence-electron chi connectivity index (χ0n) is 18.5. The van der Waals surface area contributed by atoms with Crippen molar-refractivity contribution in [2.75, 3.05) is 5.75 Å². The lowest BCUT2D eigenvalue weighted by Crippen LogP contribution is -1.99. The van der Waals surface area contributed by atoms with Crippen LogP contribution in [0.25, 0.3) is 33.0 Å². The number of aryl methyl sites for hydroxylation is 2. The number of Topliss-reactive ketones (excluding diaryl/α,β-unsaturated/α-hetero) is 2. The molecule has 166 valence electrons. The average molecular weight is 456 g/mol. The number of hydrogen-bond donors (Lipinski definition) is 1. The zero-order valence-corrected chi connectivity index (χ0v) is 19.3. The highest BCUT2D eigenvalue weighted by Gasteiger charge is 2.35. The van der Waals surface area contributed by atoms with Crippen LogP contribution < -0.4 is 5.73 Å². The third kappa shape index (κ3) is 3.70. The van der Waals surface area contributed by atoms with Crippen molar-refractivity contribution in [3.8, 4) is 0 Å². The number of nitrogens with two attached hydrogens (primary N) is 1. The third-order valence-electron chi connectivity index (χ3n) is 6.18. The number of para-hydroxylation sites is 2. The highest BCUT2D eigenvalue weighted by molar-refractivity contribution is 8.02. The number of nitrogens with zero attached hydrogens (tertiary/aromatic N) is 2. The number of ketones is 2. The van der Waals surface area contributed by atoms with E-state index < -0.39 is 0 Å². The van der Waals surface area contributed by atoms with Crippen LogP contribution in [0, 0.1) is 0 Å². The molecule has 0 saturated carbocycles. The Balaban J connectivity index is 1.67. The number of aromatic nitrogens is 2. The lowest BCUT2D eigenvalue weighted by molar-refractivity contribution is -0.119. The van der Waals surface area contributed by atoms with E-state index in [1.807, 2.05) is 66.5 Å². The summed E-state index contributed by atoms with van der Waals surface area (Å²) in [5, 5.41) is 2.59. The quantitative estimate of drug-likeness (QED) is 0.309. The van der Waals surface area contributed by atoms with Crippen LogP contribution in [0.4, 0.5) is 0 Å². The second-order valence-electron chi connectivity index (χ2n) is 8.37. The Morgan fingerprint density at radius 3 is 2.18 bits per heavy atom. The fourth-order valence-corrected chi connectivity index (χ4v) is 5.32. The van der Waals surface area contributed by atoms with Crippen LogP contribution in [0.2, 0.25) is 0 Å². The van der Waals surface area contributed by atoms with Crippen molar-refractivity contribution in [1.82, 2.24) is 9.13 Å². The molecule has 0 aliphatic heterocycles. The maximum absolute atomic E-state index is 13.2. The summed E-state index contributed by atoms with van der Waals surface area (Å²) >= 11 is 1.55. The molecule has 5 rings (SSSR count). The van der Waals surface area contributed by atoms with Gasteiger partial charge in [0.15, 0.2) is 11.6 Å². The first kappa shape index (κ1) is 21.3. The monoisotopic (exact) mass is 455 g/mol. The van der Waals surface area contributed by atoms with Crippen LogP contribution >= 0.6 is 11.8 Å². The van der Waals surface area contributed by atoms with Crippen molar-refractivity contribution in [3.05, 3.63) is 83.7 Å². The molecule has 0 atom stereocenters. The number of fused-ring (bicyclic) bond motifs is 2. The maximum atomic E-state index is 13.2. The molecule has 4 aromatic rings. The van der Waals surface area contributed by atoms with Crippen molar-refractivity contribution in [1.29, 1.82) is 0 Å². The van der Waals surface area contributed by atoms with E-state index in [2.05, 4.69) is 17.2 Å². The van der Waals surface area contributed by atoms with Crippen LogP contribution in [0.3, 0.4) is 0 Å². The molecule has 2 N–H and O–H groups in total. The van der Waals surface area contributed by atoms with Gasteiger partial charge in [0.25, 0.3) is 0 Å². The van der Waals surface area contributed by atoms with Crippen LogP contribution in [0.5, 0.6) is 0 Å². The van der Waals surface area contributed by atoms with E-state index >= 15 is 0 Å². The predicted molar refractivity (Wildman–Crippen MR) is 137 cm³/mol. The largest absolute Gasteiger partial charge is 0.394 e. The number of thioether (sulfide) groups is 1. The van der Waals surface area contributed by atoms with E-state index in [1.54, 1.807) is 11.8 Å². The zero-order chi connectivity index (χ0) is 23.1. The first-order valence-corrected chi connectivity index (χ1v) is 11.9. The molecular weight excluding hydrogens is 430 g/mol. The summed E-state index contributed by atoms with van der Waals surface area (Å²) in [5.74, 6) is 0.653. The molecular formula is C27H25N3O2S. The number of carbonyl (C=O) groups excluding carboxylic acids is 2. The van der Waals surface area contributed by atoms with Gasteiger partial charge in [0.2, 0.25) is 0 Å². The minimum absolute atomic E-state index is 0.0807. The van der Waals surface area contributed by atoms with Gasteiger partial charge in [0.1, 0.15) is 0 Å². The van der Waals surface area contributed by atoms with Gasteiger partial charge in [0, 0.05) is 75.8 Å². The third-order valence-corrected chi connectivity index (χ3v) is 7.05. The molecule has 2 aromatic carbocycles. The summed E-state index contributed by atoms with van der Waals surface area (Å²) in [6, 6.07) is 16.1. The Kier molecular flexibility index (Phi) is 5.46. The summed E-state index contributed by atoms with van der Waals surface area (Å²) in [6.45, 7) is 4.53. The minimum Gasteiger partial charge on any atom is -0.394 e. The second-order valence-corrected chi connectivity index (χ2v) is 9.59. The molecule has 0 amide bonds. The van der Waals surface area contributed by atoms with Crippen LogP contribution in [-0.2, 0) is 23.2 Å². The Bertz CT molecular complexity index is 1470. The highest BCUT2D eigenvalue weighted by Crippen LogP contribution is 2.41. The molecule has 1 aliphatic carbocycles. The Labute approximate surface area is 196 Å². The SMILES string of the molecule is C=C(N)SCCCn1cc(C2=C(c3cn(C)c4ccccc34)C(=O)CC2=O)c2ccccc21. The molecule has 0 fully saturated rings. The molecule has 0 bridgehead atoms. The number of hydrogen-bond acceptors (Lipinski definition) is 4. The van der Waals surface area contributed by atoms with Gasteiger partial charge in [-0.15, -0.1) is 11.8 Å². The molecule has 0 spiro atoms. The first-order chi connectivity index (χ1) is 16.0. The topological polar surface area (TPSA) is 70.0 Å². The molecule has 0 unspecified atom stereocenters. The molecule has 33 heavy (non-hydrogen) atoms. The minimum atomic E-state index is -0.110. The lowest BCUT2D eigenvalue weighted by Gasteiger charge is -2.05. The van der Waals surface area contributed by atoms with Gasteiger partial charge in [-0.25, -0.2) is 0 Å². The molecule has 1 aliphatic rings. The van der Waals surface area contributed by atoms with E-state index in [9.17, 15) is 9.59 Å². The highest BCUT2D eigenvalue weighted by atomic mass is 32.2. The van der Waals surface area contributed by atoms with E-state index in [0.717, 1.165) is 51.7 Å². The van der Waals surface area contributed by atoms with Crippen molar-refractivity contribution in [2.45, 2.75) is 19.4 Å². The number of rotatable bonds is 7. The van der Waals surface area contributed by atoms with Gasteiger partial charge in [0.05, 0.1) is 11.4 Å². The van der Waals surface area contributed by atoms with Gasteiger partial charge in [-0.2, -0.15) is 0 Å². The van der Waals surface area contributed by atoms with Crippen LogP contribution in [0.1, 0.15) is 24.0 Å². The van der Waals surface area contributed by atoms with E-state index in [-0.39, 0.29) is 18.0 Å². The fraction of sp³-hybridized carbons (Fsp3) is 0.185. The van der Waals surface area contributed by atoms with Gasteiger partial charge in [-0.3, -0.25) is 9.59 Å². The number of allylic oxidation sites excluding steroid dienone is 2. The van der Waals surface area contributed by atoms with Crippen molar-refractivity contribution in [2.24, 2.45) is 12.8 Å². The van der Waals surface area contributed by atoms with Crippen molar-refractivity contribution in [3.63, 3.8) is 0 Å². The van der Waals surface area contributed by atoms with Crippen molar-refractivity contribution < 1.29 is 9.59 Å². The Morgan fingerprint density at radius 1 is 0.939 bits per heavy atom. The summed E-state index contributed by atoms with van der Waals surface area (Å²) < 4.78 is 4.19.